The lowest BCUT2D eigenvalue weighted by Gasteiger charge is -2.11. The first-order valence-corrected chi connectivity index (χ1v) is 3.66. The highest BCUT2D eigenvalue weighted by atomic mass is 19.4. The molecule has 13 heavy (non-hydrogen) atoms. The quantitative estimate of drug-likeness (QED) is 0.735. The number of alkyl halides is 3. The van der Waals surface area contributed by atoms with Gasteiger partial charge in [0.05, 0.1) is 5.56 Å². The third-order valence-electron chi connectivity index (χ3n) is 1.62. The maximum atomic E-state index is 12.3. The van der Waals surface area contributed by atoms with Crippen LogP contribution in [0.4, 0.5) is 18.9 Å². The summed E-state index contributed by atoms with van der Waals surface area (Å²) in [5.74, 6) is 0. The van der Waals surface area contributed by atoms with Crippen molar-refractivity contribution in [2.75, 3.05) is 12.4 Å². The molecule has 1 N–H and O–H groups in total. The van der Waals surface area contributed by atoms with Gasteiger partial charge in [0.1, 0.15) is 0 Å². The van der Waals surface area contributed by atoms with E-state index in [4.69, 9.17) is 0 Å². The van der Waals surface area contributed by atoms with Gasteiger partial charge >= 0.3 is 6.18 Å². The lowest BCUT2D eigenvalue weighted by molar-refractivity contribution is -0.137. The summed E-state index contributed by atoms with van der Waals surface area (Å²) < 4.78 is 36.9. The summed E-state index contributed by atoms with van der Waals surface area (Å²) in [6.45, 7) is 1.64. The molecule has 0 amide bonds. The van der Waals surface area contributed by atoms with E-state index in [0.717, 1.165) is 6.20 Å². The average Bonchev–Trinajstić information content (AvgIpc) is 2.01. The molecule has 1 rings (SSSR count). The van der Waals surface area contributed by atoms with Crippen LogP contribution in [0.3, 0.4) is 0 Å². The van der Waals surface area contributed by atoms with Gasteiger partial charge in [-0.3, -0.25) is 4.98 Å². The van der Waals surface area contributed by atoms with Crippen molar-refractivity contribution < 1.29 is 13.2 Å². The van der Waals surface area contributed by atoms with Crippen molar-refractivity contribution in [3.8, 4) is 0 Å². The van der Waals surface area contributed by atoms with Crippen LogP contribution in [0.15, 0.2) is 12.3 Å². The van der Waals surface area contributed by atoms with Gasteiger partial charge in [-0.05, 0) is 13.0 Å². The van der Waals surface area contributed by atoms with Crippen molar-refractivity contribution >= 4 is 5.69 Å². The molecule has 0 aliphatic heterocycles. The largest absolute Gasteiger partial charge is 0.419 e. The monoisotopic (exact) mass is 190 g/mol. The molecule has 0 atom stereocenters. The molecular weight excluding hydrogens is 181 g/mol. The van der Waals surface area contributed by atoms with Crippen molar-refractivity contribution in [3.63, 3.8) is 0 Å². The van der Waals surface area contributed by atoms with E-state index < -0.39 is 11.7 Å². The zero-order valence-corrected chi connectivity index (χ0v) is 7.24. The Hall–Kier alpha value is -1.26. The number of halogens is 3. The second-order valence-corrected chi connectivity index (χ2v) is 2.62. The molecule has 0 saturated carbocycles. The highest BCUT2D eigenvalue weighted by Gasteiger charge is 2.33. The predicted octanol–water partition coefficient (Wildman–Crippen LogP) is 2.45. The standard InChI is InChI=1S/C8H9F3N2/c1-5-3-7(12-2)6(4-13-5)8(9,10)11/h3-4H,1-2H3,(H,12,13). The first-order chi connectivity index (χ1) is 5.95. The van der Waals surface area contributed by atoms with Crippen molar-refractivity contribution in [2.24, 2.45) is 0 Å². The summed E-state index contributed by atoms with van der Waals surface area (Å²) in [6.07, 6.45) is -3.51. The Morgan fingerprint density at radius 3 is 2.46 bits per heavy atom. The zero-order chi connectivity index (χ0) is 10.1. The number of aryl methyl sites for hydroxylation is 1. The van der Waals surface area contributed by atoms with Gasteiger partial charge in [0, 0.05) is 24.6 Å². The number of anilines is 1. The zero-order valence-electron chi connectivity index (χ0n) is 7.24. The summed E-state index contributed by atoms with van der Waals surface area (Å²) in [6, 6.07) is 1.36. The molecule has 0 aliphatic rings. The average molecular weight is 190 g/mol. The molecule has 0 fully saturated rings. The minimum atomic E-state index is -4.35. The number of hydrogen-bond acceptors (Lipinski definition) is 2. The Kier molecular flexibility index (Phi) is 2.45. The van der Waals surface area contributed by atoms with Crippen LogP contribution in [0, 0.1) is 6.92 Å². The van der Waals surface area contributed by atoms with Crippen LogP contribution in [0.1, 0.15) is 11.3 Å². The molecule has 0 bridgehead atoms. The highest BCUT2D eigenvalue weighted by molar-refractivity contribution is 5.51. The third-order valence-corrected chi connectivity index (χ3v) is 1.62. The molecule has 1 aromatic heterocycles. The summed E-state index contributed by atoms with van der Waals surface area (Å²) in [5.41, 5.74) is -0.127. The SMILES string of the molecule is CNc1cc(C)ncc1C(F)(F)F. The Labute approximate surface area is 73.8 Å². The molecule has 0 aromatic carbocycles. The number of hydrogen-bond donors (Lipinski definition) is 1. The van der Waals surface area contributed by atoms with Crippen LogP contribution in [0.2, 0.25) is 0 Å². The number of aromatic nitrogens is 1. The van der Waals surface area contributed by atoms with Crippen LogP contribution >= 0.6 is 0 Å². The second-order valence-electron chi connectivity index (χ2n) is 2.62. The summed E-state index contributed by atoms with van der Waals surface area (Å²) in [7, 11) is 1.45. The van der Waals surface area contributed by atoms with E-state index in [1.807, 2.05) is 0 Å². The molecule has 0 aliphatic carbocycles. The molecule has 0 unspecified atom stereocenters. The summed E-state index contributed by atoms with van der Waals surface area (Å²) in [4.78, 5) is 3.59. The van der Waals surface area contributed by atoms with Crippen LogP contribution in [-0.4, -0.2) is 12.0 Å². The number of pyridine rings is 1. The Morgan fingerprint density at radius 1 is 1.38 bits per heavy atom. The van der Waals surface area contributed by atoms with Crippen molar-refractivity contribution in [1.29, 1.82) is 0 Å². The lowest BCUT2D eigenvalue weighted by Crippen LogP contribution is -2.09. The molecular formula is C8H9F3N2. The van der Waals surface area contributed by atoms with Crippen LogP contribution in [0.5, 0.6) is 0 Å². The fourth-order valence-electron chi connectivity index (χ4n) is 0.993. The van der Waals surface area contributed by atoms with Gasteiger partial charge < -0.3 is 5.32 Å². The van der Waals surface area contributed by atoms with E-state index in [-0.39, 0.29) is 5.69 Å². The predicted molar refractivity (Wildman–Crippen MR) is 43.5 cm³/mol. The lowest BCUT2D eigenvalue weighted by atomic mass is 10.2. The molecule has 2 nitrogen and oxygen atoms in total. The molecule has 5 heteroatoms. The molecule has 0 radical (unpaired) electrons. The van der Waals surface area contributed by atoms with Gasteiger partial charge in [-0.25, -0.2) is 0 Å². The van der Waals surface area contributed by atoms with Crippen LogP contribution < -0.4 is 5.32 Å². The Morgan fingerprint density at radius 2 is 2.00 bits per heavy atom. The normalized spacial score (nSPS) is 11.5. The van der Waals surface area contributed by atoms with Gasteiger partial charge in [0.2, 0.25) is 0 Å². The molecule has 72 valence electrons. The molecule has 1 aromatic rings. The van der Waals surface area contributed by atoms with Crippen LogP contribution in [-0.2, 0) is 6.18 Å². The molecule has 0 spiro atoms. The first kappa shape index (κ1) is 9.83. The van der Waals surface area contributed by atoms with E-state index in [2.05, 4.69) is 10.3 Å². The minimum Gasteiger partial charge on any atom is -0.388 e. The maximum absolute atomic E-state index is 12.3. The number of nitrogens with zero attached hydrogens (tertiary/aromatic N) is 1. The van der Waals surface area contributed by atoms with Crippen LogP contribution in [0.25, 0.3) is 0 Å². The van der Waals surface area contributed by atoms with Gasteiger partial charge in [-0.1, -0.05) is 0 Å². The molecule has 1 heterocycles. The number of rotatable bonds is 1. The molecule has 0 saturated heterocycles. The van der Waals surface area contributed by atoms with Crippen molar-refractivity contribution in [3.05, 3.63) is 23.5 Å². The summed E-state index contributed by atoms with van der Waals surface area (Å²) >= 11 is 0. The minimum absolute atomic E-state index is 0.0556. The van der Waals surface area contributed by atoms with Gasteiger partial charge in [0.15, 0.2) is 0 Å². The fraction of sp³-hybridized carbons (Fsp3) is 0.375. The van der Waals surface area contributed by atoms with Gasteiger partial charge in [-0.2, -0.15) is 13.2 Å². The second kappa shape index (κ2) is 3.24. The van der Waals surface area contributed by atoms with E-state index in [0.29, 0.717) is 5.69 Å². The first-order valence-electron chi connectivity index (χ1n) is 3.66. The van der Waals surface area contributed by atoms with Gasteiger partial charge in [-0.15, -0.1) is 0 Å². The highest BCUT2D eigenvalue weighted by Crippen LogP contribution is 2.34. The number of nitrogens with one attached hydrogen (secondary N) is 1. The van der Waals surface area contributed by atoms with Crippen molar-refractivity contribution in [1.82, 2.24) is 4.98 Å². The third kappa shape index (κ3) is 2.11. The summed E-state index contributed by atoms with van der Waals surface area (Å²) in [5, 5.41) is 2.48. The smallest absolute Gasteiger partial charge is 0.388 e. The van der Waals surface area contributed by atoms with Crippen molar-refractivity contribution in [2.45, 2.75) is 13.1 Å². The Balaban J connectivity index is 3.22. The maximum Gasteiger partial charge on any atom is 0.419 e. The fourth-order valence-corrected chi connectivity index (χ4v) is 0.993. The van der Waals surface area contributed by atoms with E-state index >= 15 is 0 Å². The van der Waals surface area contributed by atoms with Gasteiger partial charge in [0.25, 0.3) is 0 Å². The Bertz CT molecular complexity index is 307. The van der Waals surface area contributed by atoms with E-state index in [1.165, 1.54) is 13.1 Å². The van der Waals surface area contributed by atoms with E-state index in [9.17, 15) is 13.2 Å². The topological polar surface area (TPSA) is 24.9 Å². The van der Waals surface area contributed by atoms with E-state index in [1.54, 1.807) is 6.92 Å².